The van der Waals surface area contributed by atoms with Crippen LogP contribution in [0.1, 0.15) is 52.4 Å². The number of rotatable bonds is 5. The number of alkyl halides is 1. The first-order chi connectivity index (χ1) is 7.58. The summed E-state index contributed by atoms with van der Waals surface area (Å²) >= 11 is 3.62. The summed E-state index contributed by atoms with van der Waals surface area (Å²) in [6.07, 6.45) is 7.13. The summed E-state index contributed by atoms with van der Waals surface area (Å²) in [4.78, 5) is 11.6. The Hall–Kier alpha value is -0.0500. The molecule has 0 atom stereocenters. The maximum atomic E-state index is 11.6. The Labute approximate surface area is 108 Å². The molecule has 0 heterocycles. The van der Waals surface area contributed by atoms with Gasteiger partial charge in [0.2, 0.25) is 5.91 Å². The summed E-state index contributed by atoms with van der Waals surface area (Å²) < 4.78 is 0. The number of halogens is 1. The number of nitrogens with one attached hydrogen (secondary N) is 1. The number of hydrogen-bond donors (Lipinski definition) is 1. The van der Waals surface area contributed by atoms with Crippen LogP contribution in [0.2, 0.25) is 0 Å². The third-order valence-corrected chi connectivity index (χ3v) is 4.64. The van der Waals surface area contributed by atoms with E-state index >= 15 is 0 Å². The third kappa shape index (κ3) is 4.44. The van der Waals surface area contributed by atoms with Gasteiger partial charge < -0.3 is 5.32 Å². The van der Waals surface area contributed by atoms with Gasteiger partial charge in [-0.05, 0) is 24.2 Å². The van der Waals surface area contributed by atoms with Gasteiger partial charge in [-0.2, -0.15) is 0 Å². The quantitative estimate of drug-likeness (QED) is 0.771. The van der Waals surface area contributed by atoms with Crippen molar-refractivity contribution < 1.29 is 4.79 Å². The largest absolute Gasteiger partial charge is 0.356 e. The first-order valence-electron chi connectivity index (χ1n) is 6.41. The molecule has 1 aliphatic rings. The van der Waals surface area contributed by atoms with E-state index in [1.54, 1.807) is 0 Å². The van der Waals surface area contributed by atoms with Gasteiger partial charge in [-0.15, -0.1) is 0 Å². The molecular weight excluding hydrogens is 266 g/mol. The zero-order chi connectivity index (χ0) is 12.0. The van der Waals surface area contributed by atoms with Crippen LogP contribution in [-0.2, 0) is 4.79 Å². The standard InChI is InChI=1S/C13H24BrNO/c1-11(2)8-12(16)15-10-13(9-14)6-4-3-5-7-13/h11H,3-10H2,1-2H3,(H,15,16). The number of carbonyl (C=O) groups is 1. The van der Waals surface area contributed by atoms with Crippen LogP contribution in [0, 0.1) is 11.3 Å². The molecule has 1 N–H and O–H groups in total. The zero-order valence-corrected chi connectivity index (χ0v) is 12.1. The summed E-state index contributed by atoms with van der Waals surface area (Å²) in [5.41, 5.74) is 0.324. The third-order valence-electron chi connectivity index (χ3n) is 3.45. The van der Waals surface area contributed by atoms with E-state index < -0.39 is 0 Å². The average Bonchev–Trinajstić information content (AvgIpc) is 2.27. The molecule has 0 radical (unpaired) electrons. The molecule has 1 fully saturated rings. The lowest BCUT2D eigenvalue weighted by Crippen LogP contribution is -2.40. The fraction of sp³-hybridized carbons (Fsp3) is 0.923. The molecule has 1 rings (SSSR count). The lowest BCUT2D eigenvalue weighted by Gasteiger charge is -2.35. The summed E-state index contributed by atoms with van der Waals surface area (Å²) in [6, 6.07) is 0. The maximum absolute atomic E-state index is 11.6. The molecule has 1 aliphatic carbocycles. The first kappa shape index (κ1) is 14.0. The normalized spacial score (nSPS) is 19.8. The Balaban J connectivity index is 2.35. The molecule has 1 amide bonds. The van der Waals surface area contributed by atoms with Gasteiger partial charge in [-0.1, -0.05) is 49.0 Å². The summed E-state index contributed by atoms with van der Waals surface area (Å²) in [7, 11) is 0. The van der Waals surface area contributed by atoms with E-state index in [0.29, 0.717) is 17.8 Å². The molecule has 0 aliphatic heterocycles. The lowest BCUT2D eigenvalue weighted by molar-refractivity contribution is -0.122. The summed E-state index contributed by atoms with van der Waals surface area (Å²) in [5, 5.41) is 4.12. The van der Waals surface area contributed by atoms with Crippen molar-refractivity contribution in [2.75, 3.05) is 11.9 Å². The second-order valence-corrected chi connectivity index (χ2v) is 6.13. The van der Waals surface area contributed by atoms with E-state index in [4.69, 9.17) is 0 Å². The Morgan fingerprint density at radius 2 is 1.94 bits per heavy atom. The smallest absolute Gasteiger partial charge is 0.220 e. The van der Waals surface area contributed by atoms with Crippen LogP contribution in [0.25, 0.3) is 0 Å². The lowest BCUT2D eigenvalue weighted by atomic mass is 9.75. The van der Waals surface area contributed by atoms with Gasteiger partial charge in [0.05, 0.1) is 0 Å². The number of carbonyl (C=O) groups excluding carboxylic acids is 1. The second-order valence-electron chi connectivity index (χ2n) is 5.57. The van der Waals surface area contributed by atoms with Crippen molar-refractivity contribution >= 4 is 21.8 Å². The molecule has 0 aromatic heterocycles. The van der Waals surface area contributed by atoms with Crippen molar-refractivity contribution in [3.63, 3.8) is 0 Å². The van der Waals surface area contributed by atoms with Crippen LogP contribution in [0.3, 0.4) is 0 Å². The van der Waals surface area contributed by atoms with E-state index in [2.05, 4.69) is 35.1 Å². The second kappa shape index (κ2) is 6.63. The van der Waals surface area contributed by atoms with Gasteiger partial charge in [-0.3, -0.25) is 4.79 Å². The predicted molar refractivity (Wildman–Crippen MR) is 71.8 cm³/mol. The van der Waals surface area contributed by atoms with Crippen molar-refractivity contribution in [3.05, 3.63) is 0 Å². The molecule has 0 aromatic carbocycles. The molecule has 3 heteroatoms. The topological polar surface area (TPSA) is 29.1 Å². The van der Waals surface area contributed by atoms with Gasteiger partial charge >= 0.3 is 0 Å². The van der Waals surface area contributed by atoms with Crippen molar-refractivity contribution in [1.29, 1.82) is 0 Å². The van der Waals surface area contributed by atoms with E-state index in [0.717, 1.165) is 11.9 Å². The van der Waals surface area contributed by atoms with E-state index in [-0.39, 0.29) is 5.91 Å². The Kier molecular flexibility index (Phi) is 5.81. The van der Waals surface area contributed by atoms with Crippen molar-refractivity contribution in [2.45, 2.75) is 52.4 Å². The zero-order valence-electron chi connectivity index (χ0n) is 10.5. The molecule has 94 valence electrons. The molecule has 0 unspecified atom stereocenters. The van der Waals surface area contributed by atoms with Gasteiger partial charge in [0.25, 0.3) is 0 Å². The summed E-state index contributed by atoms with van der Waals surface area (Å²) in [6.45, 7) is 5.02. The van der Waals surface area contributed by atoms with Crippen LogP contribution in [0.15, 0.2) is 0 Å². The average molecular weight is 290 g/mol. The monoisotopic (exact) mass is 289 g/mol. The molecule has 0 saturated heterocycles. The molecule has 2 nitrogen and oxygen atoms in total. The van der Waals surface area contributed by atoms with Gasteiger partial charge in [-0.25, -0.2) is 0 Å². The highest BCUT2D eigenvalue weighted by molar-refractivity contribution is 9.09. The van der Waals surface area contributed by atoms with E-state index in [1.807, 2.05) is 0 Å². The molecule has 16 heavy (non-hydrogen) atoms. The van der Waals surface area contributed by atoms with Crippen LogP contribution < -0.4 is 5.32 Å². The van der Waals surface area contributed by atoms with Crippen molar-refractivity contribution in [3.8, 4) is 0 Å². The van der Waals surface area contributed by atoms with Crippen LogP contribution >= 0.6 is 15.9 Å². The van der Waals surface area contributed by atoms with Crippen molar-refractivity contribution in [1.82, 2.24) is 5.32 Å². The Morgan fingerprint density at radius 1 is 1.31 bits per heavy atom. The van der Waals surface area contributed by atoms with Crippen LogP contribution in [0.5, 0.6) is 0 Å². The Bertz CT molecular complexity index is 222. The molecule has 0 spiro atoms. The SMILES string of the molecule is CC(C)CC(=O)NCC1(CBr)CCCCC1. The van der Waals surface area contributed by atoms with Crippen LogP contribution in [-0.4, -0.2) is 17.8 Å². The summed E-state index contributed by atoms with van der Waals surface area (Å²) in [5.74, 6) is 0.659. The molecule has 0 aromatic rings. The minimum atomic E-state index is 0.209. The van der Waals surface area contributed by atoms with Gasteiger partial charge in [0.15, 0.2) is 0 Å². The van der Waals surface area contributed by atoms with Crippen molar-refractivity contribution in [2.24, 2.45) is 11.3 Å². The minimum Gasteiger partial charge on any atom is -0.356 e. The van der Waals surface area contributed by atoms with E-state index in [1.165, 1.54) is 32.1 Å². The predicted octanol–water partition coefficient (Wildman–Crippen LogP) is 3.49. The molecule has 0 bridgehead atoms. The first-order valence-corrected chi connectivity index (χ1v) is 7.53. The maximum Gasteiger partial charge on any atom is 0.220 e. The number of hydrogen-bond acceptors (Lipinski definition) is 1. The fourth-order valence-corrected chi connectivity index (χ4v) is 3.15. The Morgan fingerprint density at radius 3 is 2.44 bits per heavy atom. The minimum absolute atomic E-state index is 0.209. The highest BCUT2D eigenvalue weighted by Gasteiger charge is 2.31. The van der Waals surface area contributed by atoms with E-state index in [9.17, 15) is 4.79 Å². The van der Waals surface area contributed by atoms with Gasteiger partial charge in [0.1, 0.15) is 0 Å². The highest BCUT2D eigenvalue weighted by Crippen LogP contribution is 2.37. The number of amides is 1. The fourth-order valence-electron chi connectivity index (χ4n) is 2.39. The van der Waals surface area contributed by atoms with Gasteiger partial charge in [0, 0.05) is 18.3 Å². The molecular formula is C13H24BrNO. The highest BCUT2D eigenvalue weighted by atomic mass is 79.9. The van der Waals surface area contributed by atoms with Crippen LogP contribution in [0.4, 0.5) is 0 Å². The molecule has 1 saturated carbocycles.